The van der Waals surface area contributed by atoms with E-state index in [-0.39, 0.29) is 29.4 Å². The molecule has 2 aliphatic carbocycles. The van der Waals surface area contributed by atoms with Crippen LogP contribution in [0.15, 0.2) is 57.3 Å². The molecule has 0 aromatic heterocycles. The number of ether oxygens (including phenoxy) is 1. The summed E-state index contributed by atoms with van der Waals surface area (Å²) in [5.74, 6) is 0.354. The zero-order chi connectivity index (χ0) is 15.1. The topological polar surface area (TPSA) is 81.5 Å². The molecule has 6 nitrogen and oxygen atoms in total. The molecule has 0 atom stereocenters. The standard InChI is InChI=1S/C14H11ClN2O4/c1-21-14-8-3-5-11(18)12(15)13(8)16-10-4-2-7(17(19)20)6-9(10)14/h2-4,16H,5-6H2,1H3. The number of nitrogens with zero attached hydrogens (tertiary/aromatic N) is 1. The SMILES string of the molecule is COC1=C2CC([N+](=O)[O-])=CC=C2NC2=C(Cl)C(=O)CC=C21. The van der Waals surface area contributed by atoms with Crippen molar-refractivity contribution in [2.24, 2.45) is 0 Å². The largest absolute Gasteiger partial charge is 0.496 e. The molecule has 3 aliphatic rings. The number of ketones is 1. The van der Waals surface area contributed by atoms with Gasteiger partial charge < -0.3 is 10.1 Å². The van der Waals surface area contributed by atoms with Crippen molar-refractivity contribution in [3.63, 3.8) is 0 Å². The summed E-state index contributed by atoms with van der Waals surface area (Å²) >= 11 is 6.07. The van der Waals surface area contributed by atoms with Crippen LogP contribution in [0.25, 0.3) is 0 Å². The van der Waals surface area contributed by atoms with Gasteiger partial charge in [-0.1, -0.05) is 17.7 Å². The van der Waals surface area contributed by atoms with E-state index in [2.05, 4.69) is 5.32 Å². The van der Waals surface area contributed by atoms with Gasteiger partial charge in [0.2, 0.25) is 0 Å². The Morgan fingerprint density at radius 1 is 1.43 bits per heavy atom. The maximum atomic E-state index is 11.7. The summed E-state index contributed by atoms with van der Waals surface area (Å²) in [6.07, 6.45) is 5.11. The first kappa shape index (κ1) is 13.6. The van der Waals surface area contributed by atoms with Crippen LogP contribution in [0.3, 0.4) is 0 Å². The first-order chi connectivity index (χ1) is 10.0. The molecule has 0 amide bonds. The van der Waals surface area contributed by atoms with E-state index in [1.165, 1.54) is 13.2 Å². The highest BCUT2D eigenvalue weighted by atomic mass is 35.5. The lowest BCUT2D eigenvalue weighted by Gasteiger charge is -2.31. The van der Waals surface area contributed by atoms with Gasteiger partial charge in [-0.2, -0.15) is 0 Å². The Bertz CT molecular complexity index is 725. The van der Waals surface area contributed by atoms with Crippen LogP contribution in [0.4, 0.5) is 0 Å². The molecule has 0 aromatic carbocycles. The number of hydrogen-bond acceptors (Lipinski definition) is 5. The predicted octanol–water partition coefficient (Wildman–Crippen LogP) is 2.29. The van der Waals surface area contributed by atoms with Crippen LogP contribution in [0, 0.1) is 10.1 Å². The number of carbonyl (C=O) groups is 1. The number of carbonyl (C=O) groups excluding carboxylic acids is 1. The van der Waals surface area contributed by atoms with E-state index in [9.17, 15) is 14.9 Å². The van der Waals surface area contributed by atoms with E-state index in [1.807, 2.05) is 0 Å². The molecule has 0 saturated carbocycles. The molecule has 1 heterocycles. The lowest BCUT2D eigenvalue weighted by Crippen LogP contribution is -2.30. The van der Waals surface area contributed by atoms with E-state index in [0.717, 1.165) is 0 Å². The fraction of sp³-hybridized carbons (Fsp3) is 0.214. The van der Waals surface area contributed by atoms with E-state index in [4.69, 9.17) is 16.3 Å². The maximum absolute atomic E-state index is 11.7. The summed E-state index contributed by atoms with van der Waals surface area (Å²) in [7, 11) is 1.50. The van der Waals surface area contributed by atoms with E-state index >= 15 is 0 Å². The molecule has 21 heavy (non-hydrogen) atoms. The van der Waals surface area contributed by atoms with Crippen molar-refractivity contribution in [3.05, 3.63) is 67.4 Å². The van der Waals surface area contributed by atoms with Crippen molar-refractivity contribution in [1.29, 1.82) is 0 Å². The Morgan fingerprint density at radius 3 is 2.86 bits per heavy atom. The van der Waals surface area contributed by atoms with Crippen LogP contribution in [0.5, 0.6) is 0 Å². The first-order valence-electron chi connectivity index (χ1n) is 6.26. The highest BCUT2D eigenvalue weighted by Gasteiger charge is 2.34. The number of nitro groups is 1. The molecule has 0 aromatic rings. The minimum Gasteiger partial charge on any atom is -0.496 e. The van der Waals surface area contributed by atoms with Crippen LogP contribution in [0.1, 0.15) is 12.8 Å². The lowest BCUT2D eigenvalue weighted by atomic mass is 9.89. The van der Waals surface area contributed by atoms with Gasteiger partial charge in [0.05, 0.1) is 24.2 Å². The zero-order valence-electron chi connectivity index (χ0n) is 11.1. The van der Waals surface area contributed by atoms with Gasteiger partial charge in [0.1, 0.15) is 10.8 Å². The number of allylic oxidation sites excluding steroid dienone is 6. The second kappa shape index (κ2) is 4.89. The second-order valence-electron chi connectivity index (χ2n) is 4.74. The monoisotopic (exact) mass is 306 g/mol. The Balaban J connectivity index is 2.17. The Labute approximate surface area is 125 Å². The third-order valence-electron chi connectivity index (χ3n) is 3.57. The van der Waals surface area contributed by atoms with Crippen molar-refractivity contribution in [2.75, 3.05) is 7.11 Å². The summed E-state index contributed by atoms with van der Waals surface area (Å²) < 4.78 is 5.42. The van der Waals surface area contributed by atoms with Crippen molar-refractivity contribution in [2.45, 2.75) is 12.8 Å². The predicted molar refractivity (Wildman–Crippen MR) is 75.5 cm³/mol. The molecule has 0 radical (unpaired) electrons. The van der Waals surface area contributed by atoms with E-state index in [1.54, 1.807) is 12.2 Å². The number of fused-ring (bicyclic) bond motifs is 2. The highest BCUT2D eigenvalue weighted by molar-refractivity contribution is 6.43. The minimum absolute atomic E-state index is 0.0936. The summed E-state index contributed by atoms with van der Waals surface area (Å²) in [6.45, 7) is 0. The fourth-order valence-corrected chi connectivity index (χ4v) is 2.79. The van der Waals surface area contributed by atoms with Gasteiger partial charge in [-0.15, -0.1) is 0 Å². The number of Topliss-reactive ketones (excluding diaryl/α,β-unsaturated/α-hetero) is 1. The third-order valence-corrected chi connectivity index (χ3v) is 3.97. The van der Waals surface area contributed by atoms with Crippen LogP contribution in [-0.4, -0.2) is 17.8 Å². The van der Waals surface area contributed by atoms with E-state index < -0.39 is 4.92 Å². The molecule has 0 saturated heterocycles. The Morgan fingerprint density at radius 2 is 2.19 bits per heavy atom. The van der Waals surface area contributed by atoms with Crippen LogP contribution in [-0.2, 0) is 9.53 Å². The number of nitrogens with one attached hydrogen (secondary N) is 1. The number of hydrogen-bond donors (Lipinski definition) is 1. The first-order valence-corrected chi connectivity index (χ1v) is 6.64. The normalized spacial score (nSPS) is 20.9. The van der Waals surface area contributed by atoms with Gasteiger partial charge in [-0.25, -0.2) is 0 Å². The number of halogens is 1. The summed E-state index contributed by atoms with van der Waals surface area (Å²) in [5, 5.41) is 14.1. The van der Waals surface area contributed by atoms with Gasteiger partial charge in [-0.3, -0.25) is 14.9 Å². The third kappa shape index (κ3) is 2.08. The van der Waals surface area contributed by atoms with Gasteiger partial charge in [0.25, 0.3) is 5.70 Å². The molecule has 0 bridgehead atoms. The van der Waals surface area contributed by atoms with Crippen molar-refractivity contribution >= 4 is 17.4 Å². The van der Waals surface area contributed by atoms with Gasteiger partial charge in [0, 0.05) is 29.3 Å². The average molecular weight is 307 g/mol. The maximum Gasteiger partial charge on any atom is 0.250 e. The van der Waals surface area contributed by atoms with Crippen molar-refractivity contribution in [3.8, 4) is 0 Å². The second-order valence-corrected chi connectivity index (χ2v) is 5.12. The summed E-state index contributed by atoms with van der Waals surface area (Å²) in [5.41, 5.74) is 2.63. The molecule has 3 rings (SSSR count). The lowest BCUT2D eigenvalue weighted by molar-refractivity contribution is -0.427. The molecule has 1 N–H and O–H groups in total. The van der Waals surface area contributed by atoms with Gasteiger partial charge in [0.15, 0.2) is 5.78 Å². The van der Waals surface area contributed by atoms with Crippen molar-refractivity contribution < 1.29 is 14.5 Å². The number of methoxy groups -OCH3 is 1. The van der Waals surface area contributed by atoms with Crippen LogP contribution >= 0.6 is 11.6 Å². The molecular weight excluding hydrogens is 296 g/mol. The van der Waals surface area contributed by atoms with Crippen LogP contribution < -0.4 is 5.32 Å². The molecule has 0 unspecified atom stereocenters. The van der Waals surface area contributed by atoms with Gasteiger partial charge >= 0.3 is 0 Å². The van der Waals surface area contributed by atoms with Crippen molar-refractivity contribution in [1.82, 2.24) is 5.32 Å². The van der Waals surface area contributed by atoms with Crippen LogP contribution in [0.2, 0.25) is 0 Å². The average Bonchev–Trinajstić information content (AvgIpc) is 2.48. The van der Waals surface area contributed by atoms with E-state index in [0.29, 0.717) is 28.3 Å². The Kier molecular flexibility index (Phi) is 3.17. The zero-order valence-corrected chi connectivity index (χ0v) is 11.9. The molecular formula is C14H11ClN2O4. The molecule has 0 spiro atoms. The van der Waals surface area contributed by atoms with Gasteiger partial charge in [-0.05, 0) is 6.08 Å². The minimum atomic E-state index is -0.412. The smallest absolute Gasteiger partial charge is 0.250 e. The summed E-state index contributed by atoms with van der Waals surface area (Å²) in [6, 6.07) is 0. The quantitative estimate of drug-likeness (QED) is 0.625. The summed E-state index contributed by atoms with van der Waals surface area (Å²) in [4.78, 5) is 22.2. The fourth-order valence-electron chi connectivity index (χ4n) is 2.56. The highest BCUT2D eigenvalue weighted by Crippen LogP contribution is 2.40. The molecule has 0 fully saturated rings. The molecule has 1 aliphatic heterocycles. The number of rotatable bonds is 2. The molecule has 108 valence electrons. The molecule has 7 heteroatoms. The Hall–Kier alpha value is -2.34.